The molecule has 0 N–H and O–H groups in total. The summed E-state index contributed by atoms with van der Waals surface area (Å²) >= 11 is 1.06. The van der Waals surface area contributed by atoms with Crippen LogP contribution in [0.25, 0.3) is 11.3 Å². The highest BCUT2D eigenvalue weighted by atomic mass is 32.3. The van der Waals surface area contributed by atoms with Crippen molar-refractivity contribution in [2.45, 2.75) is 13.3 Å². The molecule has 0 unspecified atom stereocenters. The molecule has 0 spiro atoms. The van der Waals surface area contributed by atoms with Gasteiger partial charge < -0.3 is 4.74 Å². The summed E-state index contributed by atoms with van der Waals surface area (Å²) in [5.41, 5.74) is 2.90. The van der Waals surface area contributed by atoms with Gasteiger partial charge in [0.2, 0.25) is 10.0 Å². The van der Waals surface area contributed by atoms with Gasteiger partial charge in [-0.05, 0) is 41.8 Å². The zero-order valence-electron chi connectivity index (χ0n) is 16.8. The summed E-state index contributed by atoms with van der Waals surface area (Å²) in [6.45, 7) is 1.34. The van der Waals surface area contributed by atoms with Crippen molar-refractivity contribution < 1.29 is 17.9 Å². The van der Waals surface area contributed by atoms with Crippen LogP contribution in [0.2, 0.25) is 0 Å². The van der Waals surface area contributed by atoms with Gasteiger partial charge in [0.25, 0.3) is 0 Å². The van der Waals surface area contributed by atoms with Gasteiger partial charge in [-0.15, -0.1) is 0 Å². The van der Waals surface area contributed by atoms with Crippen LogP contribution in [0.3, 0.4) is 0 Å². The van der Waals surface area contributed by atoms with Crippen molar-refractivity contribution in [2.75, 3.05) is 16.2 Å². The molecule has 0 aliphatic rings. The van der Waals surface area contributed by atoms with Crippen molar-refractivity contribution in [3.05, 3.63) is 72.1 Å². The van der Waals surface area contributed by atoms with Crippen LogP contribution in [0.4, 0.5) is 5.82 Å². The Kier molecular flexibility index (Phi) is 6.73. The monoisotopic (exact) mass is 443 g/mol. The number of ether oxygens (including phenoxy) is 1. The number of aromatic nitrogens is 2. The Balaban J connectivity index is 2.04. The molecule has 0 saturated heterocycles. The highest BCUT2D eigenvalue weighted by molar-refractivity contribution is 8.13. The van der Waals surface area contributed by atoms with E-state index in [1.165, 1.54) is 10.6 Å². The summed E-state index contributed by atoms with van der Waals surface area (Å²) in [5.74, 6) is 0.329. The van der Waals surface area contributed by atoms with Crippen molar-refractivity contribution >= 4 is 33.8 Å². The minimum absolute atomic E-state index is 0.286. The summed E-state index contributed by atoms with van der Waals surface area (Å²) < 4.78 is 30.7. The van der Waals surface area contributed by atoms with Crippen LogP contribution in [0.15, 0.2) is 60.8 Å². The summed E-state index contributed by atoms with van der Waals surface area (Å²) in [6, 6.07) is 16.6. The maximum Gasteiger partial charge on any atom is 0.308 e. The average Bonchev–Trinajstić information content (AvgIpc) is 2.69. The number of hydrogen-bond acceptors (Lipinski definition) is 7. The molecule has 3 aromatic rings. The predicted molar refractivity (Wildman–Crippen MR) is 119 cm³/mol. The van der Waals surface area contributed by atoms with E-state index in [4.69, 9.17) is 9.72 Å². The maximum atomic E-state index is 12.2. The Morgan fingerprint density at radius 1 is 1.10 bits per heavy atom. The first-order valence-corrected chi connectivity index (χ1v) is 12.0. The number of esters is 1. The lowest BCUT2D eigenvalue weighted by Gasteiger charge is -2.20. The third kappa shape index (κ3) is 5.37. The Bertz CT molecular complexity index is 1130. The average molecular weight is 444 g/mol. The van der Waals surface area contributed by atoms with Gasteiger partial charge in [0.15, 0.2) is 5.82 Å². The van der Waals surface area contributed by atoms with Crippen LogP contribution >= 0.6 is 11.9 Å². The van der Waals surface area contributed by atoms with E-state index >= 15 is 0 Å². The van der Waals surface area contributed by atoms with Crippen molar-refractivity contribution in [3.63, 3.8) is 0 Å². The molecule has 0 fully saturated rings. The van der Waals surface area contributed by atoms with E-state index in [2.05, 4.69) is 4.98 Å². The molecule has 0 amide bonds. The van der Waals surface area contributed by atoms with Crippen LogP contribution in [0.5, 0.6) is 5.75 Å². The Morgan fingerprint density at radius 3 is 2.33 bits per heavy atom. The van der Waals surface area contributed by atoms with Gasteiger partial charge in [0, 0.05) is 25.2 Å². The lowest BCUT2D eigenvalue weighted by atomic mass is 10.1. The van der Waals surface area contributed by atoms with Gasteiger partial charge in [-0.3, -0.25) is 4.79 Å². The third-order valence-electron chi connectivity index (χ3n) is 4.09. The van der Waals surface area contributed by atoms with E-state index in [-0.39, 0.29) is 5.82 Å². The second-order valence-corrected chi connectivity index (χ2v) is 9.27. The molecular weight excluding hydrogens is 422 g/mol. The Hall–Kier alpha value is -2.91. The molecule has 0 atom stereocenters. The molecule has 30 heavy (non-hydrogen) atoms. The first kappa shape index (κ1) is 21.8. The summed E-state index contributed by atoms with van der Waals surface area (Å²) in [6.07, 6.45) is 4.78. The predicted octanol–water partition coefficient (Wildman–Crippen LogP) is 3.70. The van der Waals surface area contributed by atoms with Crippen molar-refractivity contribution in [2.24, 2.45) is 0 Å². The molecule has 1 heterocycles. The third-order valence-corrected chi connectivity index (χ3v) is 6.63. The van der Waals surface area contributed by atoms with Crippen LogP contribution in [0.1, 0.15) is 18.2 Å². The van der Waals surface area contributed by atoms with E-state index < -0.39 is 16.0 Å². The lowest BCUT2D eigenvalue weighted by molar-refractivity contribution is -0.131. The normalized spacial score (nSPS) is 11.2. The number of hydrogen-bond donors (Lipinski definition) is 0. The molecule has 1 aromatic heterocycles. The van der Waals surface area contributed by atoms with E-state index in [0.717, 1.165) is 29.3 Å². The number of rotatable bonds is 7. The molecule has 9 heteroatoms. The van der Waals surface area contributed by atoms with Crippen LogP contribution in [-0.4, -0.2) is 36.9 Å². The smallest absolute Gasteiger partial charge is 0.308 e. The van der Waals surface area contributed by atoms with Crippen LogP contribution in [0, 0.1) is 0 Å². The molecular formula is C21H21N3O4S2. The van der Waals surface area contributed by atoms with Crippen molar-refractivity contribution in [3.8, 4) is 17.0 Å². The molecule has 0 aliphatic heterocycles. The fourth-order valence-corrected chi connectivity index (χ4v) is 4.73. The van der Waals surface area contributed by atoms with Gasteiger partial charge in [0.1, 0.15) is 5.75 Å². The second kappa shape index (κ2) is 9.27. The zero-order chi connectivity index (χ0) is 21.7. The minimum Gasteiger partial charge on any atom is -0.427 e. The van der Waals surface area contributed by atoms with E-state index in [1.54, 1.807) is 36.7 Å². The number of nitrogens with zero attached hydrogens (tertiary/aromatic N) is 3. The quantitative estimate of drug-likeness (QED) is 0.312. The SMILES string of the molecule is CSN(c1ncc(-c2ccc(OC(C)=O)cc2)nc1Cc1ccccc1)S(C)(=O)=O. The summed E-state index contributed by atoms with van der Waals surface area (Å²) in [7, 11) is -3.53. The Labute approximate surface area is 180 Å². The molecule has 0 radical (unpaired) electrons. The van der Waals surface area contributed by atoms with E-state index in [9.17, 15) is 13.2 Å². The first-order chi connectivity index (χ1) is 14.3. The topological polar surface area (TPSA) is 89.5 Å². The largest absolute Gasteiger partial charge is 0.427 e. The van der Waals surface area contributed by atoms with Crippen LogP contribution in [-0.2, 0) is 21.2 Å². The summed E-state index contributed by atoms with van der Waals surface area (Å²) in [5, 5.41) is 0. The van der Waals surface area contributed by atoms with Gasteiger partial charge in [-0.2, -0.15) is 3.71 Å². The van der Waals surface area contributed by atoms with Crippen LogP contribution < -0.4 is 8.45 Å². The number of anilines is 1. The number of sulfonamides is 1. The highest BCUT2D eigenvalue weighted by Gasteiger charge is 2.23. The fraction of sp³-hybridized carbons (Fsp3) is 0.190. The minimum atomic E-state index is -3.53. The van der Waals surface area contributed by atoms with E-state index in [0.29, 0.717) is 23.6 Å². The molecule has 156 valence electrons. The molecule has 2 aromatic carbocycles. The second-order valence-electron chi connectivity index (χ2n) is 6.48. The molecule has 0 bridgehead atoms. The molecule has 7 nitrogen and oxygen atoms in total. The number of carbonyl (C=O) groups excluding carboxylic acids is 1. The highest BCUT2D eigenvalue weighted by Crippen LogP contribution is 2.29. The van der Waals surface area contributed by atoms with Gasteiger partial charge in [0.05, 0.1) is 23.8 Å². The van der Waals surface area contributed by atoms with Crippen molar-refractivity contribution in [1.29, 1.82) is 0 Å². The maximum absolute atomic E-state index is 12.2. The number of benzene rings is 2. The molecule has 0 aliphatic carbocycles. The van der Waals surface area contributed by atoms with E-state index in [1.807, 2.05) is 30.3 Å². The first-order valence-electron chi connectivity index (χ1n) is 9.01. The summed E-state index contributed by atoms with van der Waals surface area (Å²) in [4.78, 5) is 20.3. The fourth-order valence-electron chi connectivity index (χ4n) is 2.86. The lowest BCUT2D eigenvalue weighted by Crippen LogP contribution is -2.25. The zero-order valence-corrected chi connectivity index (χ0v) is 18.4. The standard InChI is InChI=1S/C21H21N3O4S2/c1-15(25)28-18-11-9-17(10-12-18)20-14-22-21(24(29-2)30(3,26)27)19(23-20)13-16-7-5-4-6-8-16/h4-12,14H,13H2,1-3H3. The van der Waals surface area contributed by atoms with Gasteiger partial charge in [-0.1, -0.05) is 30.3 Å². The molecule has 0 saturated carbocycles. The molecule has 3 rings (SSSR count). The number of carbonyl (C=O) groups is 1. The Morgan fingerprint density at radius 2 is 1.77 bits per heavy atom. The van der Waals surface area contributed by atoms with Gasteiger partial charge in [-0.25, -0.2) is 18.4 Å². The van der Waals surface area contributed by atoms with Crippen molar-refractivity contribution in [1.82, 2.24) is 9.97 Å². The van der Waals surface area contributed by atoms with Gasteiger partial charge >= 0.3 is 5.97 Å².